The maximum atomic E-state index is 9.69. The van der Waals surface area contributed by atoms with Crippen LogP contribution in [0.2, 0.25) is 5.28 Å². The summed E-state index contributed by atoms with van der Waals surface area (Å²) in [4.78, 5) is 9.45. The lowest BCUT2D eigenvalue weighted by Gasteiger charge is -2.28. The van der Waals surface area contributed by atoms with Gasteiger partial charge in [-0.25, -0.2) is 4.98 Å². The van der Waals surface area contributed by atoms with Crippen molar-refractivity contribution in [2.45, 2.75) is 25.3 Å². The lowest BCUT2D eigenvalue weighted by atomic mass is 10.1. The van der Waals surface area contributed by atoms with Crippen LogP contribution in [-0.4, -0.2) is 39.9 Å². The van der Waals surface area contributed by atoms with Crippen molar-refractivity contribution in [3.8, 4) is 5.75 Å². The largest absolute Gasteiger partial charge is 0.503 e. The molecule has 0 radical (unpaired) electrons. The van der Waals surface area contributed by atoms with Crippen LogP contribution in [-0.2, 0) is 0 Å². The molecule has 2 rings (SSSR count). The van der Waals surface area contributed by atoms with E-state index in [2.05, 4.69) is 9.97 Å². The molecule has 17 heavy (non-hydrogen) atoms. The Bertz CT molecular complexity index is 398. The zero-order chi connectivity index (χ0) is 12.4. The highest BCUT2D eigenvalue weighted by Crippen LogP contribution is 2.36. The number of nitrogens with zero attached hydrogens (tertiary/aromatic N) is 3. The zero-order valence-electron chi connectivity index (χ0n) is 9.67. The van der Waals surface area contributed by atoms with Crippen LogP contribution < -0.4 is 4.90 Å². The smallest absolute Gasteiger partial charge is 0.224 e. The monoisotopic (exact) mass is 257 g/mol. The number of rotatable bonds is 5. The van der Waals surface area contributed by atoms with E-state index in [9.17, 15) is 10.2 Å². The van der Waals surface area contributed by atoms with Crippen LogP contribution in [0.25, 0.3) is 0 Å². The molecule has 1 aromatic rings. The lowest BCUT2D eigenvalue weighted by Crippen LogP contribution is -2.35. The second-order valence-electron chi connectivity index (χ2n) is 4.47. The number of aromatic hydroxyl groups is 1. The number of hydrogen-bond acceptors (Lipinski definition) is 5. The molecule has 0 amide bonds. The van der Waals surface area contributed by atoms with Crippen molar-refractivity contribution < 1.29 is 10.2 Å². The third kappa shape index (κ3) is 2.98. The molecular weight excluding hydrogens is 242 g/mol. The normalized spacial score (nSPS) is 16.9. The van der Waals surface area contributed by atoms with Crippen molar-refractivity contribution in [2.24, 2.45) is 5.92 Å². The number of hydrogen-bond donors (Lipinski definition) is 2. The van der Waals surface area contributed by atoms with Gasteiger partial charge in [0.25, 0.3) is 0 Å². The molecule has 0 bridgehead atoms. The molecule has 1 aliphatic rings. The van der Waals surface area contributed by atoms with Crippen LogP contribution in [0, 0.1) is 5.92 Å². The Morgan fingerprint density at radius 3 is 2.88 bits per heavy atom. The Balaban J connectivity index is 2.14. The summed E-state index contributed by atoms with van der Waals surface area (Å²) in [6.07, 6.45) is 4.63. The van der Waals surface area contributed by atoms with Gasteiger partial charge >= 0.3 is 0 Å². The minimum atomic E-state index is -0.0423. The Hall–Kier alpha value is -1.07. The predicted octanol–water partition coefficient (Wildman–Crippen LogP) is 1.43. The fraction of sp³-hybridized carbons (Fsp3) is 0.636. The van der Waals surface area contributed by atoms with Crippen molar-refractivity contribution in [3.05, 3.63) is 11.5 Å². The lowest BCUT2D eigenvalue weighted by molar-refractivity contribution is 0.251. The molecule has 6 heteroatoms. The third-order valence-corrected chi connectivity index (χ3v) is 3.30. The van der Waals surface area contributed by atoms with Crippen molar-refractivity contribution in [1.82, 2.24) is 9.97 Å². The van der Waals surface area contributed by atoms with E-state index in [-0.39, 0.29) is 23.7 Å². The van der Waals surface area contributed by atoms with Gasteiger partial charge in [0.2, 0.25) is 5.28 Å². The maximum Gasteiger partial charge on any atom is 0.224 e. The van der Waals surface area contributed by atoms with Gasteiger partial charge < -0.3 is 15.1 Å². The third-order valence-electron chi connectivity index (χ3n) is 3.12. The Morgan fingerprint density at radius 2 is 2.29 bits per heavy atom. The summed E-state index contributed by atoms with van der Waals surface area (Å²) in [7, 11) is 1.79. The molecular formula is C11H16ClN3O2. The molecule has 0 aromatic carbocycles. The van der Waals surface area contributed by atoms with E-state index in [0.29, 0.717) is 11.7 Å². The van der Waals surface area contributed by atoms with E-state index >= 15 is 0 Å². The molecule has 5 nitrogen and oxygen atoms in total. The van der Waals surface area contributed by atoms with E-state index in [4.69, 9.17) is 11.6 Å². The van der Waals surface area contributed by atoms with Crippen LogP contribution in [0.15, 0.2) is 6.20 Å². The molecule has 1 heterocycles. The molecule has 2 N–H and O–H groups in total. The first-order valence-corrected chi connectivity index (χ1v) is 6.04. The summed E-state index contributed by atoms with van der Waals surface area (Å²) in [6.45, 7) is 0.0358. The predicted molar refractivity (Wildman–Crippen MR) is 65.3 cm³/mol. The molecule has 0 spiro atoms. The molecule has 1 atom stereocenters. The van der Waals surface area contributed by atoms with Gasteiger partial charge in [-0.1, -0.05) is 12.8 Å². The van der Waals surface area contributed by atoms with E-state index in [0.717, 1.165) is 6.42 Å². The number of aliphatic hydroxyl groups excluding tert-OH is 1. The number of aromatic nitrogens is 2. The molecule has 1 unspecified atom stereocenters. The number of aliphatic hydroxyl groups is 1. The van der Waals surface area contributed by atoms with Gasteiger partial charge in [0.1, 0.15) is 0 Å². The van der Waals surface area contributed by atoms with Gasteiger partial charge in [0, 0.05) is 7.05 Å². The second kappa shape index (κ2) is 5.06. The van der Waals surface area contributed by atoms with Crippen molar-refractivity contribution in [2.75, 3.05) is 18.6 Å². The van der Waals surface area contributed by atoms with Gasteiger partial charge in [-0.2, -0.15) is 4.98 Å². The van der Waals surface area contributed by atoms with E-state index in [1.54, 1.807) is 11.9 Å². The highest BCUT2D eigenvalue weighted by molar-refractivity contribution is 6.28. The number of anilines is 1. The maximum absolute atomic E-state index is 9.69. The zero-order valence-corrected chi connectivity index (χ0v) is 10.4. The summed E-state index contributed by atoms with van der Waals surface area (Å²) >= 11 is 5.70. The topological polar surface area (TPSA) is 69.5 Å². The average molecular weight is 258 g/mol. The fourth-order valence-electron chi connectivity index (χ4n) is 1.87. The van der Waals surface area contributed by atoms with Gasteiger partial charge in [-0.15, -0.1) is 0 Å². The summed E-state index contributed by atoms with van der Waals surface area (Å²) in [5.74, 6) is 1.03. The average Bonchev–Trinajstić information content (AvgIpc) is 3.12. The first kappa shape index (κ1) is 12.4. The second-order valence-corrected chi connectivity index (χ2v) is 4.81. The van der Waals surface area contributed by atoms with Gasteiger partial charge in [0.15, 0.2) is 11.6 Å². The van der Waals surface area contributed by atoms with Crippen LogP contribution in [0.1, 0.15) is 19.3 Å². The van der Waals surface area contributed by atoms with Gasteiger partial charge in [-0.3, -0.25) is 0 Å². The van der Waals surface area contributed by atoms with Crippen LogP contribution in [0.5, 0.6) is 5.75 Å². The minimum Gasteiger partial charge on any atom is -0.503 e. The Labute approximate surface area is 105 Å². The van der Waals surface area contributed by atoms with E-state index in [1.807, 2.05) is 0 Å². The van der Waals surface area contributed by atoms with Crippen LogP contribution in [0.4, 0.5) is 5.82 Å². The van der Waals surface area contributed by atoms with Crippen molar-refractivity contribution in [1.29, 1.82) is 0 Å². The highest BCUT2D eigenvalue weighted by Gasteiger charge is 2.28. The first-order valence-electron chi connectivity index (χ1n) is 5.67. The van der Waals surface area contributed by atoms with E-state index in [1.165, 1.54) is 19.0 Å². The summed E-state index contributed by atoms with van der Waals surface area (Å²) in [5.41, 5.74) is 0. The van der Waals surface area contributed by atoms with Gasteiger partial charge in [-0.05, 0) is 23.9 Å². The summed E-state index contributed by atoms with van der Waals surface area (Å²) < 4.78 is 0. The van der Waals surface area contributed by atoms with Crippen LogP contribution >= 0.6 is 11.6 Å². The molecule has 1 fully saturated rings. The highest BCUT2D eigenvalue weighted by atomic mass is 35.5. The SMILES string of the molecule is CN(c1nc(Cl)ncc1O)C(CO)CC1CC1. The molecule has 0 aliphatic heterocycles. The molecule has 1 saturated carbocycles. The molecule has 94 valence electrons. The number of halogens is 1. The first-order chi connectivity index (χ1) is 8.11. The summed E-state index contributed by atoms with van der Waals surface area (Å²) in [5, 5.41) is 19.2. The van der Waals surface area contributed by atoms with Crippen molar-refractivity contribution in [3.63, 3.8) is 0 Å². The molecule has 1 aliphatic carbocycles. The quantitative estimate of drug-likeness (QED) is 0.781. The van der Waals surface area contributed by atoms with Gasteiger partial charge in [0.05, 0.1) is 18.8 Å². The van der Waals surface area contributed by atoms with E-state index < -0.39 is 0 Å². The Morgan fingerprint density at radius 1 is 1.59 bits per heavy atom. The molecule has 1 aromatic heterocycles. The fourth-order valence-corrected chi connectivity index (χ4v) is 2.00. The number of likely N-dealkylation sites (N-methyl/N-ethyl adjacent to an activating group) is 1. The Kier molecular flexibility index (Phi) is 3.69. The molecule has 0 saturated heterocycles. The van der Waals surface area contributed by atoms with Crippen molar-refractivity contribution >= 4 is 17.4 Å². The summed E-state index contributed by atoms with van der Waals surface area (Å²) in [6, 6.07) is -0.0423. The minimum absolute atomic E-state index is 0.0221. The standard InChI is InChI=1S/C11H16ClN3O2/c1-15(8(6-16)4-7-2-3-7)10-9(17)5-13-11(12)14-10/h5,7-8,16-17H,2-4,6H2,1H3. The van der Waals surface area contributed by atoms with Crippen LogP contribution in [0.3, 0.4) is 0 Å².